The third-order valence-electron chi connectivity index (χ3n) is 7.37. The Morgan fingerprint density at radius 1 is 0.829 bits per heavy atom. The van der Waals surface area contributed by atoms with Gasteiger partial charge in [0.05, 0.1) is 6.10 Å². The SMILES string of the molecule is CCCCCCCCC1(c2ccccc2)C=CC(c2ccc(OC(C)CCCCC)cc2)=C[C@H]1F. The first-order valence-electron chi connectivity index (χ1n) is 14.0. The zero-order chi connectivity index (χ0) is 24.9. The van der Waals surface area contributed by atoms with Gasteiger partial charge in [0.25, 0.3) is 0 Å². The number of rotatable bonds is 15. The van der Waals surface area contributed by atoms with Gasteiger partial charge < -0.3 is 4.74 Å². The monoisotopic (exact) mass is 476 g/mol. The zero-order valence-electron chi connectivity index (χ0n) is 22.1. The molecule has 0 radical (unpaired) electrons. The van der Waals surface area contributed by atoms with Gasteiger partial charge in [-0.25, -0.2) is 4.39 Å². The van der Waals surface area contributed by atoms with E-state index in [9.17, 15) is 0 Å². The lowest BCUT2D eigenvalue weighted by atomic mass is 9.69. The maximum atomic E-state index is 16.0. The maximum absolute atomic E-state index is 16.0. The minimum absolute atomic E-state index is 0.213. The molecule has 0 saturated carbocycles. The molecular formula is C33H45FO. The van der Waals surface area contributed by atoms with E-state index in [2.05, 4.69) is 57.2 Å². The van der Waals surface area contributed by atoms with Gasteiger partial charge in [-0.1, -0.05) is 120 Å². The molecule has 0 aromatic heterocycles. The van der Waals surface area contributed by atoms with Crippen LogP contribution in [0, 0.1) is 0 Å². The quantitative estimate of drug-likeness (QED) is 0.232. The van der Waals surface area contributed by atoms with Gasteiger partial charge in [-0.3, -0.25) is 0 Å². The lowest BCUT2D eigenvalue weighted by Gasteiger charge is -2.36. The van der Waals surface area contributed by atoms with E-state index in [4.69, 9.17) is 4.74 Å². The predicted octanol–water partition coefficient (Wildman–Crippen LogP) is 10.0. The molecular weight excluding hydrogens is 431 g/mol. The average Bonchev–Trinajstić information content (AvgIpc) is 2.88. The van der Waals surface area contributed by atoms with Crippen LogP contribution in [0.25, 0.3) is 5.57 Å². The van der Waals surface area contributed by atoms with Crippen molar-refractivity contribution in [3.8, 4) is 5.75 Å². The largest absolute Gasteiger partial charge is 0.491 e. The van der Waals surface area contributed by atoms with Crippen LogP contribution in [-0.2, 0) is 5.41 Å². The number of alkyl halides is 1. The highest BCUT2D eigenvalue weighted by Gasteiger charge is 2.39. The molecule has 2 aromatic carbocycles. The Labute approximate surface area is 213 Å². The summed E-state index contributed by atoms with van der Waals surface area (Å²) >= 11 is 0. The molecule has 0 N–H and O–H groups in total. The number of benzene rings is 2. The highest BCUT2D eigenvalue weighted by Crippen LogP contribution is 2.42. The second-order valence-electron chi connectivity index (χ2n) is 10.2. The molecule has 1 aliphatic rings. The third kappa shape index (κ3) is 7.82. The van der Waals surface area contributed by atoms with Crippen molar-refractivity contribution in [2.24, 2.45) is 0 Å². The van der Waals surface area contributed by atoms with Crippen LogP contribution in [0.15, 0.2) is 72.8 Å². The molecule has 0 saturated heterocycles. The van der Waals surface area contributed by atoms with Crippen molar-refractivity contribution in [1.82, 2.24) is 0 Å². The Morgan fingerprint density at radius 3 is 2.17 bits per heavy atom. The molecule has 1 aliphatic carbocycles. The third-order valence-corrected chi connectivity index (χ3v) is 7.37. The summed E-state index contributed by atoms with van der Waals surface area (Å²) in [6.07, 6.45) is 18.1. The van der Waals surface area contributed by atoms with Gasteiger partial charge >= 0.3 is 0 Å². The molecule has 3 rings (SSSR count). The number of ether oxygens (including phenoxy) is 1. The summed E-state index contributed by atoms with van der Waals surface area (Å²) < 4.78 is 22.1. The number of allylic oxidation sites excluding steroid dienone is 4. The van der Waals surface area contributed by atoms with Crippen molar-refractivity contribution in [2.75, 3.05) is 0 Å². The first-order valence-corrected chi connectivity index (χ1v) is 14.0. The van der Waals surface area contributed by atoms with Crippen molar-refractivity contribution in [2.45, 2.75) is 109 Å². The van der Waals surface area contributed by atoms with E-state index in [1.165, 1.54) is 51.4 Å². The zero-order valence-corrected chi connectivity index (χ0v) is 22.1. The van der Waals surface area contributed by atoms with E-state index >= 15 is 4.39 Å². The van der Waals surface area contributed by atoms with Crippen LogP contribution < -0.4 is 4.74 Å². The van der Waals surface area contributed by atoms with Gasteiger partial charge in [-0.2, -0.15) is 0 Å². The fraction of sp³-hybridized carbons (Fsp3) is 0.515. The van der Waals surface area contributed by atoms with E-state index in [-0.39, 0.29) is 6.10 Å². The normalized spacial score (nSPS) is 20.5. The Balaban J connectivity index is 1.68. The van der Waals surface area contributed by atoms with Crippen LogP contribution in [0.3, 0.4) is 0 Å². The van der Waals surface area contributed by atoms with Gasteiger partial charge in [0, 0.05) is 5.41 Å². The topological polar surface area (TPSA) is 9.23 Å². The summed E-state index contributed by atoms with van der Waals surface area (Å²) in [6, 6.07) is 18.4. The van der Waals surface area contributed by atoms with Crippen molar-refractivity contribution < 1.29 is 9.13 Å². The fourth-order valence-corrected chi connectivity index (χ4v) is 5.15. The summed E-state index contributed by atoms with van der Waals surface area (Å²) in [5.74, 6) is 0.886. The van der Waals surface area contributed by atoms with Crippen molar-refractivity contribution in [3.63, 3.8) is 0 Å². The van der Waals surface area contributed by atoms with Gasteiger partial charge in [0.2, 0.25) is 0 Å². The molecule has 2 aromatic rings. The molecule has 0 amide bonds. The van der Waals surface area contributed by atoms with Gasteiger partial charge in [-0.15, -0.1) is 0 Å². The molecule has 0 heterocycles. The molecule has 0 bridgehead atoms. The van der Waals surface area contributed by atoms with E-state index < -0.39 is 11.6 Å². The van der Waals surface area contributed by atoms with Crippen LogP contribution in [-0.4, -0.2) is 12.3 Å². The van der Waals surface area contributed by atoms with Crippen molar-refractivity contribution in [1.29, 1.82) is 0 Å². The van der Waals surface area contributed by atoms with Crippen LogP contribution in [0.4, 0.5) is 4.39 Å². The number of hydrogen-bond donors (Lipinski definition) is 0. The van der Waals surface area contributed by atoms with Gasteiger partial charge in [0.1, 0.15) is 11.9 Å². The fourth-order valence-electron chi connectivity index (χ4n) is 5.15. The molecule has 2 heteroatoms. The van der Waals surface area contributed by atoms with Gasteiger partial charge in [0.15, 0.2) is 0 Å². The molecule has 3 atom stereocenters. The summed E-state index contributed by atoms with van der Waals surface area (Å²) in [7, 11) is 0. The summed E-state index contributed by atoms with van der Waals surface area (Å²) in [5.41, 5.74) is 2.49. The van der Waals surface area contributed by atoms with Gasteiger partial charge in [-0.05, 0) is 61.1 Å². The van der Waals surface area contributed by atoms with Crippen molar-refractivity contribution in [3.05, 3.63) is 84.0 Å². The average molecular weight is 477 g/mol. The lowest BCUT2D eigenvalue weighted by molar-refractivity contribution is 0.206. The minimum atomic E-state index is -1.05. The first-order chi connectivity index (χ1) is 17.1. The van der Waals surface area contributed by atoms with Crippen LogP contribution in [0.2, 0.25) is 0 Å². The molecule has 2 unspecified atom stereocenters. The second kappa shape index (κ2) is 14.3. The highest BCUT2D eigenvalue weighted by molar-refractivity contribution is 5.77. The maximum Gasteiger partial charge on any atom is 0.132 e. The minimum Gasteiger partial charge on any atom is -0.491 e. The van der Waals surface area contributed by atoms with Crippen molar-refractivity contribution >= 4 is 5.57 Å². The summed E-state index contributed by atoms with van der Waals surface area (Å²) in [5, 5.41) is 0. The van der Waals surface area contributed by atoms with Crippen LogP contribution >= 0.6 is 0 Å². The lowest BCUT2D eigenvalue weighted by Crippen LogP contribution is -2.35. The molecule has 35 heavy (non-hydrogen) atoms. The second-order valence-corrected chi connectivity index (χ2v) is 10.2. The molecule has 0 spiro atoms. The molecule has 0 fully saturated rings. The summed E-state index contributed by atoms with van der Waals surface area (Å²) in [4.78, 5) is 0. The highest BCUT2D eigenvalue weighted by atomic mass is 19.1. The van der Waals surface area contributed by atoms with Crippen LogP contribution in [0.1, 0.15) is 103 Å². The predicted molar refractivity (Wildman–Crippen MR) is 149 cm³/mol. The first kappa shape index (κ1) is 27.2. The molecule has 1 nitrogen and oxygen atoms in total. The standard InChI is InChI=1S/C33H45FO/c1-4-6-8-9-10-15-24-33(30-17-13-11-14-18-30)25-23-29(26-32(33)34)28-19-21-31(22-20-28)35-27(3)16-12-7-5-2/h11,13-14,17-23,25-27,32H,4-10,12,15-16,24H2,1-3H3/t27?,32-,33?/m1/s1. The smallest absolute Gasteiger partial charge is 0.132 e. The Bertz CT molecular complexity index is 914. The van der Waals surface area contributed by atoms with E-state index in [1.807, 2.05) is 36.4 Å². The molecule has 0 aliphatic heterocycles. The van der Waals surface area contributed by atoms with Crippen LogP contribution in [0.5, 0.6) is 5.75 Å². The number of halogens is 1. The molecule has 190 valence electrons. The Kier molecular flexibility index (Phi) is 11.1. The van der Waals surface area contributed by atoms with E-state index in [1.54, 1.807) is 0 Å². The Morgan fingerprint density at radius 2 is 1.49 bits per heavy atom. The number of unbranched alkanes of at least 4 members (excludes halogenated alkanes) is 7. The Hall–Kier alpha value is -2.35. The van der Waals surface area contributed by atoms with E-state index in [0.29, 0.717) is 0 Å². The van der Waals surface area contributed by atoms with E-state index in [0.717, 1.165) is 41.7 Å². The number of hydrogen-bond acceptors (Lipinski definition) is 1. The summed E-state index contributed by atoms with van der Waals surface area (Å²) in [6.45, 7) is 6.60.